The summed E-state index contributed by atoms with van der Waals surface area (Å²) in [5.41, 5.74) is 7.52. The van der Waals surface area contributed by atoms with Gasteiger partial charge in [-0.1, -0.05) is 146 Å². The van der Waals surface area contributed by atoms with E-state index in [0.717, 1.165) is 33.4 Å². The summed E-state index contributed by atoms with van der Waals surface area (Å²) in [6, 6.07) is 57.4. The zero-order valence-corrected chi connectivity index (χ0v) is 26.2. The molecule has 0 fully saturated rings. The third-order valence-electron chi connectivity index (χ3n) is 8.74. The normalized spacial score (nSPS) is 11.4. The highest BCUT2D eigenvalue weighted by atomic mass is 32.1. The molecule has 7 aromatic carbocycles. The van der Waals surface area contributed by atoms with Crippen LogP contribution in [0.1, 0.15) is 0 Å². The van der Waals surface area contributed by atoms with E-state index >= 15 is 0 Å². The molecule has 0 atom stereocenters. The van der Waals surface area contributed by atoms with Crippen LogP contribution in [0.4, 0.5) is 0 Å². The number of aromatic nitrogens is 3. The van der Waals surface area contributed by atoms with Crippen LogP contribution in [0.25, 0.3) is 87.4 Å². The Morgan fingerprint density at radius 1 is 0.362 bits per heavy atom. The molecule has 3 nitrogen and oxygen atoms in total. The molecule has 0 bridgehead atoms. The molecule has 4 heteroatoms. The predicted molar refractivity (Wildman–Crippen MR) is 197 cm³/mol. The van der Waals surface area contributed by atoms with Gasteiger partial charge in [-0.05, 0) is 51.2 Å². The van der Waals surface area contributed by atoms with E-state index in [1.165, 1.54) is 36.5 Å². The fraction of sp³-hybridized carbons (Fsp3) is 0. The zero-order chi connectivity index (χ0) is 31.2. The number of rotatable bonds is 5. The van der Waals surface area contributed by atoms with Crippen molar-refractivity contribution in [1.82, 2.24) is 15.0 Å². The summed E-state index contributed by atoms with van der Waals surface area (Å²) in [5.74, 6) is 1.97. The molecule has 0 N–H and O–H groups in total. The van der Waals surface area contributed by atoms with Gasteiger partial charge < -0.3 is 0 Å². The first-order chi connectivity index (χ1) is 23.3. The van der Waals surface area contributed by atoms with Gasteiger partial charge in [-0.15, -0.1) is 11.3 Å². The smallest absolute Gasteiger partial charge is 0.165 e. The van der Waals surface area contributed by atoms with Crippen molar-refractivity contribution in [3.63, 3.8) is 0 Å². The second-order valence-electron chi connectivity index (χ2n) is 11.6. The third kappa shape index (κ3) is 4.96. The highest BCUT2D eigenvalue weighted by molar-refractivity contribution is 7.26. The maximum atomic E-state index is 5.17. The highest BCUT2D eigenvalue weighted by Gasteiger charge is 2.18. The minimum Gasteiger partial charge on any atom is -0.208 e. The molecule has 220 valence electrons. The van der Waals surface area contributed by atoms with E-state index in [0.29, 0.717) is 17.5 Å². The lowest BCUT2D eigenvalue weighted by Crippen LogP contribution is -2.00. The Balaban J connectivity index is 1.24. The van der Waals surface area contributed by atoms with Gasteiger partial charge in [0.15, 0.2) is 17.5 Å². The summed E-state index contributed by atoms with van der Waals surface area (Å²) in [5, 5.41) is 5.02. The molecule has 2 aromatic heterocycles. The molecule has 47 heavy (non-hydrogen) atoms. The van der Waals surface area contributed by atoms with E-state index < -0.39 is 0 Å². The van der Waals surface area contributed by atoms with Gasteiger partial charge in [0.05, 0.1) is 0 Å². The largest absolute Gasteiger partial charge is 0.208 e. The first-order valence-corrected chi connectivity index (χ1v) is 16.5. The van der Waals surface area contributed by atoms with Gasteiger partial charge in [-0.2, -0.15) is 0 Å². The van der Waals surface area contributed by atoms with Gasteiger partial charge in [0.2, 0.25) is 0 Å². The molecule has 0 aliphatic heterocycles. The van der Waals surface area contributed by atoms with E-state index in [-0.39, 0.29) is 0 Å². The van der Waals surface area contributed by atoms with Crippen LogP contribution >= 0.6 is 11.3 Å². The van der Waals surface area contributed by atoms with Crippen molar-refractivity contribution in [1.29, 1.82) is 0 Å². The van der Waals surface area contributed by atoms with Gasteiger partial charge in [0.1, 0.15) is 0 Å². The average Bonchev–Trinajstić information content (AvgIpc) is 3.55. The average molecular weight is 618 g/mol. The van der Waals surface area contributed by atoms with Crippen LogP contribution in [0, 0.1) is 0 Å². The van der Waals surface area contributed by atoms with Gasteiger partial charge >= 0.3 is 0 Å². The van der Waals surface area contributed by atoms with Crippen LogP contribution < -0.4 is 0 Å². The maximum absolute atomic E-state index is 5.17. The Morgan fingerprint density at radius 3 is 1.70 bits per heavy atom. The summed E-state index contributed by atoms with van der Waals surface area (Å²) in [4.78, 5) is 15.4. The van der Waals surface area contributed by atoms with E-state index in [1.807, 2.05) is 12.1 Å². The number of nitrogens with zero attached hydrogens (tertiary/aromatic N) is 3. The van der Waals surface area contributed by atoms with Crippen LogP contribution in [0.5, 0.6) is 0 Å². The molecule has 0 saturated heterocycles. The molecule has 0 aliphatic carbocycles. The Kier molecular flexibility index (Phi) is 6.65. The molecule has 0 aliphatic rings. The van der Waals surface area contributed by atoms with E-state index in [9.17, 15) is 0 Å². The van der Waals surface area contributed by atoms with Gasteiger partial charge in [-0.3, -0.25) is 0 Å². The molecular formula is C43H27N3S. The summed E-state index contributed by atoms with van der Waals surface area (Å²) < 4.78 is 2.44. The van der Waals surface area contributed by atoms with Crippen LogP contribution in [0.2, 0.25) is 0 Å². The Labute approximate surface area is 276 Å². The van der Waals surface area contributed by atoms with E-state index in [4.69, 9.17) is 15.0 Å². The molecule has 0 saturated carbocycles. The number of hydrogen-bond donors (Lipinski definition) is 0. The number of hydrogen-bond acceptors (Lipinski definition) is 4. The van der Waals surface area contributed by atoms with Crippen molar-refractivity contribution in [2.75, 3.05) is 0 Å². The summed E-state index contributed by atoms with van der Waals surface area (Å²) in [7, 11) is 0. The SMILES string of the molecule is c1ccc(-c2ccc(-c3nc(-c4cccc(-c5ccccc5)c4)nc(-c4cccc5c4sc4ccc6ccccc6c45)n3)cc2)cc1. The van der Waals surface area contributed by atoms with Crippen molar-refractivity contribution in [2.45, 2.75) is 0 Å². The third-order valence-corrected chi connectivity index (χ3v) is 9.95. The molecule has 2 heterocycles. The Hall–Kier alpha value is -5.97. The molecule has 0 amide bonds. The van der Waals surface area contributed by atoms with Crippen molar-refractivity contribution in [3.05, 3.63) is 164 Å². The quantitative estimate of drug-likeness (QED) is 0.193. The summed E-state index contributed by atoms with van der Waals surface area (Å²) >= 11 is 1.80. The minimum atomic E-state index is 0.651. The first-order valence-electron chi connectivity index (χ1n) is 15.7. The molecule has 9 rings (SSSR count). The first kappa shape index (κ1) is 27.3. The number of thiophene rings is 1. The summed E-state index contributed by atoms with van der Waals surface area (Å²) in [6.45, 7) is 0. The molecular weight excluding hydrogens is 591 g/mol. The van der Waals surface area contributed by atoms with Crippen molar-refractivity contribution >= 4 is 42.3 Å². The topological polar surface area (TPSA) is 38.7 Å². The Bertz CT molecular complexity index is 2550. The monoisotopic (exact) mass is 617 g/mol. The second-order valence-corrected chi connectivity index (χ2v) is 12.7. The molecule has 9 aromatic rings. The molecule has 0 unspecified atom stereocenters. The predicted octanol–water partition coefficient (Wildman–Crippen LogP) is 11.7. The number of benzene rings is 7. The zero-order valence-electron chi connectivity index (χ0n) is 25.3. The molecule has 0 radical (unpaired) electrons. The molecule has 0 spiro atoms. The standard InChI is InChI=1S/C43H27N3S/c1-3-11-28(12-4-1)30-21-23-32(24-22-30)41-44-42(34-17-9-16-33(27-34)29-13-5-2-6-14-29)46-43(45-41)37-20-10-19-36-39-35-18-8-7-15-31(35)25-26-38(39)47-40(36)37/h1-27H. The lowest BCUT2D eigenvalue weighted by atomic mass is 10.0. The van der Waals surface area contributed by atoms with Gasteiger partial charge in [-0.25, -0.2) is 15.0 Å². The van der Waals surface area contributed by atoms with E-state index in [1.54, 1.807) is 11.3 Å². The summed E-state index contributed by atoms with van der Waals surface area (Å²) in [6.07, 6.45) is 0. The fourth-order valence-corrected chi connectivity index (χ4v) is 7.64. The van der Waals surface area contributed by atoms with Crippen LogP contribution in [-0.2, 0) is 0 Å². The van der Waals surface area contributed by atoms with Crippen LogP contribution in [0.3, 0.4) is 0 Å². The second kappa shape index (κ2) is 11.4. The fourth-order valence-electron chi connectivity index (χ4n) is 6.41. The highest BCUT2D eigenvalue weighted by Crippen LogP contribution is 2.42. The minimum absolute atomic E-state index is 0.651. The van der Waals surface area contributed by atoms with Crippen molar-refractivity contribution in [3.8, 4) is 56.4 Å². The maximum Gasteiger partial charge on any atom is 0.165 e. The van der Waals surface area contributed by atoms with E-state index in [2.05, 4.69) is 152 Å². The van der Waals surface area contributed by atoms with Crippen LogP contribution in [0.15, 0.2) is 164 Å². The van der Waals surface area contributed by atoms with Crippen LogP contribution in [-0.4, -0.2) is 15.0 Å². The Morgan fingerprint density at radius 2 is 0.915 bits per heavy atom. The van der Waals surface area contributed by atoms with Crippen molar-refractivity contribution < 1.29 is 0 Å². The van der Waals surface area contributed by atoms with Gasteiger partial charge in [0.25, 0.3) is 0 Å². The lowest BCUT2D eigenvalue weighted by molar-refractivity contribution is 1.08. The number of fused-ring (bicyclic) bond motifs is 5. The van der Waals surface area contributed by atoms with Crippen molar-refractivity contribution in [2.24, 2.45) is 0 Å². The lowest BCUT2D eigenvalue weighted by Gasteiger charge is -2.11. The van der Waals surface area contributed by atoms with Gasteiger partial charge in [0, 0.05) is 36.9 Å².